The molecule has 4 rings (SSSR count). The van der Waals surface area contributed by atoms with Crippen LogP contribution in [0.5, 0.6) is 5.75 Å². The number of carbonyl (C=O) groups excluding carboxylic acids is 1. The summed E-state index contributed by atoms with van der Waals surface area (Å²) in [6.45, 7) is 2.15. The van der Waals surface area contributed by atoms with Crippen molar-refractivity contribution in [3.8, 4) is 17.1 Å². The first-order chi connectivity index (χ1) is 13.1. The van der Waals surface area contributed by atoms with Gasteiger partial charge in [0.1, 0.15) is 17.7 Å². The van der Waals surface area contributed by atoms with Gasteiger partial charge in [0.15, 0.2) is 0 Å². The molecule has 7 heteroatoms. The summed E-state index contributed by atoms with van der Waals surface area (Å²) in [6, 6.07) is 10.3. The number of aromatic amines is 1. The molecule has 0 fully saturated rings. The van der Waals surface area contributed by atoms with E-state index >= 15 is 0 Å². The van der Waals surface area contributed by atoms with Gasteiger partial charge in [-0.25, -0.2) is 4.98 Å². The molecule has 3 aromatic rings. The van der Waals surface area contributed by atoms with E-state index < -0.39 is 0 Å². The lowest BCUT2D eigenvalue weighted by Crippen LogP contribution is -2.24. The Morgan fingerprint density at radius 2 is 2.22 bits per heavy atom. The Morgan fingerprint density at radius 1 is 1.33 bits per heavy atom. The van der Waals surface area contributed by atoms with Crippen LogP contribution in [0.2, 0.25) is 0 Å². The summed E-state index contributed by atoms with van der Waals surface area (Å²) in [5.41, 5.74) is 2.49. The molecule has 0 aliphatic carbocycles. The molecule has 7 nitrogen and oxygen atoms in total. The molecular weight excluding hydrogens is 344 g/mol. The van der Waals surface area contributed by atoms with Crippen molar-refractivity contribution in [3.05, 3.63) is 76.0 Å². The maximum atomic E-state index is 12.5. The maximum Gasteiger partial charge on any atom is 0.251 e. The van der Waals surface area contributed by atoms with Gasteiger partial charge in [-0.3, -0.25) is 14.6 Å². The molecule has 1 atom stereocenters. The Hall–Kier alpha value is -3.48. The summed E-state index contributed by atoms with van der Waals surface area (Å²) >= 11 is 0. The normalized spacial score (nSPS) is 15.1. The first-order valence-corrected chi connectivity index (χ1v) is 8.67. The van der Waals surface area contributed by atoms with Crippen LogP contribution in [0.15, 0.2) is 53.6 Å². The molecule has 27 heavy (non-hydrogen) atoms. The summed E-state index contributed by atoms with van der Waals surface area (Å²) in [5.74, 6) is 1.03. The van der Waals surface area contributed by atoms with Crippen molar-refractivity contribution in [1.82, 2.24) is 20.3 Å². The van der Waals surface area contributed by atoms with Crippen LogP contribution >= 0.6 is 0 Å². The molecule has 2 N–H and O–H groups in total. The lowest BCUT2D eigenvalue weighted by molar-refractivity contribution is 0.0950. The molecule has 3 heterocycles. The van der Waals surface area contributed by atoms with E-state index in [1.54, 1.807) is 30.6 Å². The minimum absolute atomic E-state index is 0.129. The molecule has 1 amide bonds. The topological polar surface area (TPSA) is 97.0 Å². The monoisotopic (exact) mass is 362 g/mol. The summed E-state index contributed by atoms with van der Waals surface area (Å²) in [7, 11) is 0. The van der Waals surface area contributed by atoms with Crippen LogP contribution in [0.1, 0.15) is 28.5 Å². The lowest BCUT2D eigenvalue weighted by atomic mass is 10.1. The number of fused-ring (bicyclic) bond motifs is 1. The van der Waals surface area contributed by atoms with Crippen molar-refractivity contribution in [3.63, 3.8) is 0 Å². The maximum absolute atomic E-state index is 12.5. The minimum atomic E-state index is -0.281. The largest absolute Gasteiger partial charge is 0.490 e. The first kappa shape index (κ1) is 17.0. The zero-order valence-corrected chi connectivity index (χ0v) is 14.7. The van der Waals surface area contributed by atoms with Crippen molar-refractivity contribution in [2.45, 2.75) is 26.0 Å². The Morgan fingerprint density at radius 3 is 3.04 bits per heavy atom. The Labute approximate surface area is 155 Å². The van der Waals surface area contributed by atoms with E-state index in [4.69, 9.17) is 4.74 Å². The highest BCUT2D eigenvalue weighted by Gasteiger charge is 2.20. The standard InChI is InChI=1S/C20H18N4O3/c1-12-7-15-8-13(4-5-17(15)27-12)20(26)22-11-16-9-18(25)24-19(23-16)14-3-2-6-21-10-14/h2-6,8-10,12H,7,11H2,1H3,(H,22,26)(H,23,24,25). The second-order valence-electron chi connectivity index (χ2n) is 6.46. The number of nitrogens with zero attached hydrogens (tertiary/aromatic N) is 2. The van der Waals surface area contributed by atoms with Gasteiger partial charge in [0.2, 0.25) is 0 Å². The molecule has 0 radical (unpaired) electrons. The van der Waals surface area contributed by atoms with Gasteiger partial charge in [-0.05, 0) is 42.8 Å². The zero-order chi connectivity index (χ0) is 18.8. The fourth-order valence-corrected chi connectivity index (χ4v) is 3.07. The van der Waals surface area contributed by atoms with E-state index in [2.05, 4.69) is 20.3 Å². The van der Waals surface area contributed by atoms with Crippen LogP contribution in [0.25, 0.3) is 11.4 Å². The molecule has 1 aliphatic heterocycles. The molecule has 2 aromatic heterocycles. The molecule has 1 unspecified atom stereocenters. The van der Waals surface area contributed by atoms with Crippen molar-refractivity contribution in [1.29, 1.82) is 0 Å². The van der Waals surface area contributed by atoms with E-state index in [1.807, 2.05) is 19.1 Å². The number of benzene rings is 1. The minimum Gasteiger partial charge on any atom is -0.490 e. The van der Waals surface area contributed by atoms with Crippen LogP contribution in [0, 0.1) is 0 Å². The van der Waals surface area contributed by atoms with Crippen molar-refractivity contribution >= 4 is 5.91 Å². The van der Waals surface area contributed by atoms with Crippen LogP contribution < -0.4 is 15.6 Å². The number of amides is 1. The zero-order valence-electron chi connectivity index (χ0n) is 14.7. The molecule has 0 saturated heterocycles. The van der Waals surface area contributed by atoms with Gasteiger partial charge in [0.25, 0.3) is 11.5 Å². The van der Waals surface area contributed by atoms with Crippen molar-refractivity contribution < 1.29 is 9.53 Å². The Kier molecular flexibility index (Phi) is 4.42. The number of ether oxygens (including phenoxy) is 1. The molecule has 136 valence electrons. The summed E-state index contributed by atoms with van der Waals surface area (Å²) in [4.78, 5) is 35.5. The highest BCUT2D eigenvalue weighted by Crippen LogP contribution is 2.29. The number of nitrogens with one attached hydrogen (secondary N) is 2. The number of pyridine rings is 1. The van der Waals surface area contributed by atoms with Gasteiger partial charge >= 0.3 is 0 Å². The third-order valence-corrected chi connectivity index (χ3v) is 4.32. The van der Waals surface area contributed by atoms with Gasteiger partial charge in [-0.2, -0.15) is 0 Å². The average molecular weight is 362 g/mol. The number of hydrogen-bond acceptors (Lipinski definition) is 5. The van der Waals surface area contributed by atoms with E-state index in [9.17, 15) is 9.59 Å². The predicted molar refractivity (Wildman–Crippen MR) is 99.5 cm³/mol. The van der Waals surface area contributed by atoms with Crippen molar-refractivity contribution in [2.75, 3.05) is 0 Å². The number of aromatic nitrogens is 3. The van der Waals surface area contributed by atoms with Gasteiger partial charge in [-0.15, -0.1) is 0 Å². The first-order valence-electron chi connectivity index (χ1n) is 8.67. The SMILES string of the molecule is CC1Cc2cc(C(=O)NCc3cc(=O)[nH]c(-c4cccnc4)n3)ccc2O1. The number of H-pyrrole nitrogens is 1. The second-order valence-corrected chi connectivity index (χ2v) is 6.46. The average Bonchev–Trinajstić information content (AvgIpc) is 3.05. The van der Waals surface area contributed by atoms with Crippen molar-refractivity contribution in [2.24, 2.45) is 0 Å². The fraction of sp³-hybridized carbons (Fsp3) is 0.200. The molecule has 1 aromatic carbocycles. The highest BCUT2D eigenvalue weighted by molar-refractivity contribution is 5.94. The van der Waals surface area contributed by atoms with Crippen LogP contribution in [0.4, 0.5) is 0 Å². The molecule has 0 spiro atoms. The van der Waals surface area contributed by atoms with Gasteiger partial charge in [0.05, 0.1) is 12.2 Å². The molecule has 0 bridgehead atoms. The second kappa shape index (κ2) is 7.03. The smallest absolute Gasteiger partial charge is 0.251 e. The van der Waals surface area contributed by atoms with Gasteiger partial charge in [-0.1, -0.05) is 0 Å². The third-order valence-electron chi connectivity index (χ3n) is 4.32. The fourth-order valence-electron chi connectivity index (χ4n) is 3.07. The lowest BCUT2D eigenvalue weighted by Gasteiger charge is -2.07. The predicted octanol–water partition coefficient (Wildman–Crippen LogP) is 2.09. The summed E-state index contributed by atoms with van der Waals surface area (Å²) in [5, 5.41) is 2.81. The molecule has 1 aliphatic rings. The number of rotatable bonds is 4. The number of hydrogen-bond donors (Lipinski definition) is 2. The number of carbonyl (C=O) groups is 1. The van der Waals surface area contributed by atoms with E-state index in [0.717, 1.165) is 17.7 Å². The molecular formula is C20H18N4O3. The van der Waals surface area contributed by atoms with E-state index in [-0.39, 0.29) is 24.1 Å². The third kappa shape index (κ3) is 3.72. The van der Waals surface area contributed by atoms with E-state index in [1.165, 1.54) is 6.07 Å². The summed E-state index contributed by atoms with van der Waals surface area (Å²) in [6.07, 6.45) is 4.19. The van der Waals surface area contributed by atoms with Gasteiger partial charge in [0, 0.05) is 36.0 Å². The highest BCUT2D eigenvalue weighted by atomic mass is 16.5. The van der Waals surface area contributed by atoms with Crippen LogP contribution in [-0.2, 0) is 13.0 Å². The van der Waals surface area contributed by atoms with Crippen LogP contribution in [-0.4, -0.2) is 27.0 Å². The molecule has 0 saturated carbocycles. The quantitative estimate of drug-likeness (QED) is 0.741. The summed E-state index contributed by atoms with van der Waals surface area (Å²) < 4.78 is 5.65. The van der Waals surface area contributed by atoms with Gasteiger partial charge < -0.3 is 15.0 Å². The Balaban J connectivity index is 1.49. The van der Waals surface area contributed by atoms with Crippen LogP contribution in [0.3, 0.4) is 0 Å². The Bertz CT molecular complexity index is 1050. The van der Waals surface area contributed by atoms with E-state index in [0.29, 0.717) is 22.6 Å².